The van der Waals surface area contributed by atoms with Crippen LogP contribution in [0.25, 0.3) is 0 Å². The minimum Gasteiger partial charge on any atom is -0.492 e. The Hall–Kier alpha value is -3.03. The Morgan fingerprint density at radius 2 is 2.04 bits per heavy atom. The summed E-state index contributed by atoms with van der Waals surface area (Å²) in [4.78, 5) is 23.6. The van der Waals surface area contributed by atoms with Gasteiger partial charge in [0, 0.05) is 37.1 Å². The van der Waals surface area contributed by atoms with Crippen molar-refractivity contribution >= 4 is 17.7 Å². The van der Waals surface area contributed by atoms with E-state index in [-0.39, 0.29) is 5.91 Å². The van der Waals surface area contributed by atoms with E-state index >= 15 is 0 Å². The van der Waals surface area contributed by atoms with E-state index in [1.54, 1.807) is 43.8 Å². The first kappa shape index (κ1) is 21.3. The number of carbonyl (C=O) groups is 2. The molecule has 1 aromatic heterocycles. The predicted octanol–water partition coefficient (Wildman–Crippen LogP) is 3.21. The van der Waals surface area contributed by atoms with Crippen molar-refractivity contribution < 1.29 is 19.1 Å². The van der Waals surface area contributed by atoms with Crippen LogP contribution in [0.4, 0.5) is 10.5 Å². The van der Waals surface area contributed by atoms with Crippen molar-refractivity contribution in [1.82, 2.24) is 15.1 Å². The SMILES string of the molecule is CC(C)(C)OC(=O)NCCCC(=O)Nc1cccc(OCCn2cccn2)c1. The lowest BCUT2D eigenvalue weighted by atomic mass is 10.2. The van der Waals surface area contributed by atoms with Crippen LogP contribution >= 0.6 is 0 Å². The largest absolute Gasteiger partial charge is 0.492 e. The average Bonchev–Trinajstić information content (AvgIpc) is 3.11. The number of hydrogen-bond donors (Lipinski definition) is 2. The Balaban J connectivity index is 1.66. The first-order valence-corrected chi connectivity index (χ1v) is 9.29. The average molecular weight is 388 g/mol. The lowest BCUT2D eigenvalue weighted by Gasteiger charge is -2.19. The molecule has 28 heavy (non-hydrogen) atoms. The number of carbonyl (C=O) groups excluding carboxylic acids is 2. The smallest absolute Gasteiger partial charge is 0.407 e. The molecule has 0 bridgehead atoms. The van der Waals surface area contributed by atoms with Gasteiger partial charge in [0.2, 0.25) is 5.91 Å². The minimum atomic E-state index is -0.535. The standard InChI is InChI=1S/C20H28N4O4/c1-20(2,3)28-19(26)21-10-5-9-18(25)23-16-7-4-8-17(15-16)27-14-13-24-12-6-11-22-24/h4,6-8,11-12,15H,5,9-10,13-14H2,1-3H3,(H,21,26)(H,23,25). The van der Waals surface area contributed by atoms with Gasteiger partial charge in [-0.05, 0) is 45.4 Å². The molecule has 8 nitrogen and oxygen atoms in total. The molecule has 152 valence electrons. The van der Waals surface area contributed by atoms with E-state index in [1.807, 2.05) is 24.4 Å². The normalized spacial score (nSPS) is 11.0. The van der Waals surface area contributed by atoms with Crippen molar-refractivity contribution in [3.05, 3.63) is 42.7 Å². The fraction of sp³-hybridized carbons (Fsp3) is 0.450. The van der Waals surface area contributed by atoms with Crippen LogP contribution in [0.3, 0.4) is 0 Å². The second-order valence-corrected chi connectivity index (χ2v) is 7.23. The summed E-state index contributed by atoms with van der Waals surface area (Å²) in [6.07, 6.45) is 3.93. The summed E-state index contributed by atoms with van der Waals surface area (Å²) in [6, 6.07) is 9.10. The van der Waals surface area contributed by atoms with Gasteiger partial charge in [-0.2, -0.15) is 5.10 Å². The van der Waals surface area contributed by atoms with Crippen molar-refractivity contribution in [2.75, 3.05) is 18.5 Å². The third-order valence-electron chi connectivity index (χ3n) is 3.51. The molecule has 0 aliphatic heterocycles. The van der Waals surface area contributed by atoms with Crippen molar-refractivity contribution in [3.63, 3.8) is 0 Å². The fourth-order valence-electron chi connectivity index (χ4n) is 2.33. The lowest BCUT2D eigenvalue weighted by molar-refractivity contribution is -0.116. The summed E-state index contributed by atoms with van der Waals surface area (Å²) in [5.74, 6) is 0.552. The molecule has 0 aliphatic carbocycles. The summed E-state index contributed by atoms with van der Waals surface area (Å²) in [7, 11) is 0. The molecule has 0 saturated carbocycles. The van der Waals surface area contributed by atoms with E-state index in [0.29, 0.717) is 44.0 Å². The van der Waals surface area contributed by atoms with Gasteiger partial charge in [-0.1, -0.05) is 6.07 Å². The summed E-state index contributed by atoms with van der Waals surface area (Å²) in [5.41, 5.74) is 0.133. The van der Waals surface area contributed by atoms with Gasteiger partial charge in [-0.15, -0.1) is 0 Å². The fourth-order valence-corrected chi connectivity index (χ4v) is 2.33. The maximum atomic E-state index is 12.1. The Morgan fingerprint density at radius 3 is 2.75 bits per heavy atom. The number of aromatic nitrogens is 2. The van der Waals surface area contributed by atoms with Crippen molar-refractivity contribution in [3.8, 4) is 5.75 Å². The Morgan fingerprint density at radius 1 is 1.21 bits per heavy atom. The molecule has 0 fully saturated rings. The number of nitrogens with zero attached hydrogens (tertiary/aromatic N) is 2. The Bertz CT molecular complexity index is 754. The maximum absolute atomic E-state index is 12.1. The van der Waals surface area contributed by atoms with Gasteiger partial charge in [0.25, 0.3) is 0 Å². The number of amides is 2. The van der Waals surface area contributed by atoms with Crippen LogP contribution in [-0.4, -0.2) is 40.5 Å². The van der Waals surface area contributed by atoms with Crippen LogP contribution in [0.2, 0.25) is 0 Å². The molecular weight excluding hydrogens is 360 g/mol. The van der Waals surface area contributed by atoms with E-state index < -0.39 is 11.7 Å². The number of benzene rings is 1. The van der Waals surface area contributed by atoms with Crippen LogP contribution in [0, 0.1) is 0 Å². The van der Waals surface area contributed by atoms with Crippen LogP contribution in [0.15, 0.2) is 42.7 Å². The van der Waals surface area contributed by atoms with E-state index in [1.165, 1.54) is 0 Å². The van der Waals surface area contributed by atoms with Gasteiger partial charge >= 0.3 is 6.09 Å². The van der Waals surface area contributed by atoms with E-state index in [0.717, 1.165) is 0 Å². The highest BCUT2D eigenvalue weighted by Crippen LogP contribution is 2.17. The first-order chi connectivity index (χ1) is 13.3. The summed E-state index contributed by atoms with van der Waals surface area (Å²) in [5, 5.41) is 9.58. The maximum Gasteiger partial charge on any atom is 0.407 e. The molecular formula is C20H28N4O4. The van der Waals surface area contributed by atoms with Crippen LogP contribution in [0.5, 0.6) is 5.75 Å². The second-order valence-electron chi connectivity index (χ2n) is 7.23. The molecule has 2 aromatic rings. The predicted molar refractivity (Wildman–Crippen MR) is 106 cm³/mol. The van der Waals surface area contributed by atoms with Gasteiger partial charge in [-0.3, -0.25) is 9.48 Å². The molecule has 2 N–H and O–H groups in total. The van der Waals surface area contributed by atoms with Crippen LogP contribution < -0.4 is 15.4 Å². The molecule has 1 aromatic carbocycles. The van der Waals surface area contributed by atoms with Gasteiger partial charge in [-0.25, -0.2) is 4.79 Å². The van der Waals surface area contributed by atoms with Crippen LogP contribution in [-0.2, 0) is 16.1 Å². The Labute approximate surface area is 165 Å². The third-order valence-corrected chi connectivity index (χ3v) is 3.51. The van der Waals surface area contributed by atoms with E-state index in [4.69, 9.17) is 9.47 Å². The number of alkyl carbamates (subject to hydrolysis) is 1. The zero-order valence-electron chi connectivity index (χ0n) is 16.6. The molecule has 0 aliphatic rings. The number of anilines is 1. The highest BCUT2D eigenvalue weighted by Gasteiger charge is 2.15. The monoisotopic (exact) mass is 388 g/mol. The van der Waals surface area contributed by atoms with Crippen molar-refractivity contribution in [2.24, 2.45) is 0 Å². The van der Waals surface area contributed by atoms with Gasteiger partial charge in [0.15, 0.2) is 0 Å². The molecule has 0 unspecified atom stereocenters. The van der Waals surface area contributed by atoms with E-state index in [2.05, 4.69) is 15.7 Å². The highest BCUT2D eigenvalue weighted by atomic mass is 16.6. The quantitative estimate of drug-likeness (QED) is 0.643. The zero-order chi connectivity index (χ0) is 20.4. The molecule has 0 atom stereocenters. The minimum absolute atomic E-state index is 0.125. The Kier molecular flexibility index (Phi) is 7.86. The van der Waals surface area contributed by atoms with E-state index in [9.17, 15) is 9.59 Å². The summed E-state index contributed by atoms with van der Waals surface area (Å²) < 4.78 is 12.6. The summed E-state index contributed by atoms with van der Waals surface area (Å²) >= 11 is 0. The van der Waals surface area contributed by atoms with Gasteiger partial charge in [0.05, 0.1) is 6.54 Å². The number of rotatable bonds is 9. The third kappa shape index (κ3) is 8.57. The first-order valence-electron chi connectivity index (χ1n) is 9.29. The van der Waals surface area contributed by atoms with Crippen LogP contribution in [0.1, 0.15) is 33.6 Å². The lowest BCUT2D eigenvalue weighted by Crippen LogP contribution is -2.33. The number of nitrogens with one attached hydrogen (secondary N) is 2. The molecule has 2 amide bonds. The molecule has 0 spiro atoms. The van der Waals surface area contributed by atoms with Crippen molar-refractivity contribution in [2.45, 2.75) is 45.8 Å². The molecule has 2 rings (SSSR count). The number of ether oxygens (including phenoxy) is 2. The summed E-state index contributed by atoms with van der Waals surface area (Å²) in [6.45, 7) is 6.91. The van der Waals surface area contributed by atoms with Gasteiger partial charge < -0.3 is 20.1 Å². The molecule has 0 radical (unpaired) electrons. The second kappa shape index (κ2) is 10.3. The molecule has 0 saturated heterocycles. The highest BCUT2D eigenvalue weighted by molar-refractivity contribution is 5.90. The molecule has 1 heterocycles. The number of hydrogen-bond acceptors (Lipinski definition) is 5. The molecule has 8 heteroatoms. The van der Waals surface area contributed by atoms with Crippen molar-refractivity contribution in [1.29, 1.82) is 0 Å². The topological polar surface area (TPSA) is 94.5 Å². The zero-order valence-corrected chi connectivity index (χ0v) is 16.6. The van der Waals surface area contributed by atoms with Gasteiger partial charge in [0.1, 0.15) is 18.0 Å².